The largest absolute Gasteiger partial charge is 0.289 e. The minimum Gasteiger partial charge on any atom is -0.289 e. The van der Waals surface area contributed by atoms with Crippen LogP contribution in [-0.2, 0) is 6.42 Å². The molecule has 0 fully saturated rings. The minimum absolute atomic E-state index is 0.0691. The Hall–Kier alpha value is -2.41. The molecule has 0 unspecified atom stereocenters. The predicted molar refractivity (Wildman–Crippen MR) is 78.0 cm³/mol. The maximum absolute atomic E-state index is 12.1. The van der Waals surface area contributed by atoms with Crippen LogP contribution in [0.2, 0.25) is 0 Å². The summed E-state index contributed by atoms with van der Waals surface area (Å²) in [6.45, 7) is 0. The number of allylic oxidation sites excluding steroid dienone is 3. The number of rotatable bonds is 2. The van der Waals surface area contributed by atoms with Gasteiger partial charge in [-0.25, -0.2) is 0 Å². The van der Waals surface area contributed by atoms with Crippen LogP contribution in [0.4, 0.5) is 0 Å². The molecule has 1 aliphatic rings. The summed E-state index contributed by atoms with van der Waals surface area (Å²) in [5, 5.41) is 0. The van der Waals surface area contributed by atoms with E-state index in [2.05, 4.69) is 18.2 Å². The van der Waals surface area contributed by atoms with Crippen LogP contribution in [0.5, 0.6) is 0 Å². The second kappa shape index (κ2) is 5.07. The molecule has 0 atom stereocenters. The van der Waals surface area contributed by atoms with E-state index >= 15 is 0 Å². The van der Waals surface area contributed by atoms with Crippen LogP contribution in [0.3, 0.4) is 0 Å². The molecule has 0 aliphatic heterocycles. The van der Waals surface area contributed by atoms with Crippen molar-refractivity contribution < 1.29 is 4.79 Å². The van der Waals surface area contributed by atoms with Crippen LogP contribution in [0.15, 0.2) is 72.3 Å². The molecule has 0 amide bonds. The predicted octanol–water partition coefficient (Wildman–Crippen LogP) is 4.07. The third-order valence-corrected chi connectivity index (χ3v) is 3.30. The average molecular weight is 246 g/mol. The summed E-state index contributed by atoms with van der Waals surface area (Å²) in [5.74, 6) is 0.0691. The number of hydrogen-bond acceptors (Lipinski definition) is 1. The van der Waals surface area contributed by atoms with Crippen LogP contribution in [0, 0.1) is 0 Å². The molecule has 19 heavy (non-hydrogen) atoms. The zero-order valence-electron chi connectivity index (χ0n) is 10.5. The molecule has 3 rings (SSSR count). The van der Waals surface area contributed by atoms with Crippen molar-refractivity contribution >= 4 is 11.9 Å². The highest BCUT2D eigenvalue weighted by molar-refractivity contribution is 6.05. The fourth-order valence-electron chi connectivity index (χ4n) is 2.29. The van der Waals surface area contributed by atoms with E-state index in [1.165, 1.54) is 11.1 Å². The normalized spacial score (nSPS) is 15.3. The van der Waals surface area contributed by atoms with Crippen molar-refractivity contribution in [3.8, 4) is 0 Å². The second-order valence-electron chi connectivity index (χ2n) is 4.66. The Morgan fingerprint density at radius 3 is 2.47 bits per heavy atom. The maximum atomic E-state index is 12.1. The van der Waals surface area contributed by atoms with E-state index in [4.69, 9.17) is 0 Å². The first kappa shape index (κ1) is 11.7. The quantitative estimate of drug-likeness (QED) is 0.576. The highest BCUT2D eigenvalue weighted by atomic mass is 16.1. The molecule has 0 N–H and O–H groups in total. The van der Waals surface area contributed by atoms with E-state index < -0.39 is 0 Å². The van der Waals surface area contributed by atoms with E-state index in [1.54, 1.807) is 6.08 Å². The fraction of sp³-hybridized carbons (Fsp3) is 0.0556. The molecule has 1 heteroatoms. The van der Waals surface area contributed by atoms with Crippen LogP contribution in [0.1, 0.15) is 21.5 Å². The maximum Gasteiger partial charge on any atom is 0.186 e. The van der Waals surface area contributed by atoms with E-state index in [1.807, 2.05) is 48.5 Å². The van der Waals surface area contributed by atoms with Crippen LogP contribution >= 0.6 is 0 Å². The molecule has 2 aromatic rings. The molecule has 0 spiro atoms. The lowest BCUT2D eigenvalue weighted by molar-refractivity contribution is 0.104. The number of fused-ring (bicyclic) bond motifs is 1. The summed E-state index contributed by atoms with van der Waals surface area (Å²) in [6, 6.07) is 17.7. The van der Waals surface area contributed by atoms with Gasteiger partial charge >= 0.3 is 0 Å². The van der Waals surface area contributed by atoms with Crippen LogP contribution in [0.25, 0.3) is 6.08 Å². The van der Waals surface area contributed by atoms with E-state index in [9.17, 15) is 4.79 Å². The van der Waals surface area contributed by atoms with Gasteiger partial charge in [-0.15, -0.1) is 0 Å². The first-order valence-electron chi connectivity index (χ1n) is 6.39. The lowest BCUT2D eigenvalue weighted by atomic mass is 9.93. The van der Waals surface area contributed by atoms with E-state index in [0.717, 1.165) is 17.6 Å². The van der Waals surface area contributed by atoms with Gasteiger partial charge in [-0.3, -0.25) is 4.79 Å². The Kier molecular flexibility index (Phi) is 3.11. The van der Waals surface area contributed by atoms with Gasteiger partial charge < -0.3 is 0 Å². The average Bonchev–Trinajstić information content (AvgIpc) is 2.48. The van der Waals surface area contributed by atoms with Gasteiger partial charge in [0.15, 0.2) is 5.78 Å². The number of benzene rings is 2. The van der Waals surface area contributed by atoms with Gasteiger partial charge in [0.05, 0.1) is 0 Å². The Balaban J connectivity index is 1.86. The molecule has 0 radical (unpaired) electrons. The molecule has 0 aromatic heterocycles. The molecule has 0 heterocycles. The van der Waals surface area contributed by atoms with Crippen molar-refractivity contribution in [2.75, 3.05) is 0 Å². The lowest BCUT2D eigenvalue weighted by Gasteiger charge is -2.12. The summed E-state index contributed by atoms with van der Waals surface area (Å²) < 4.78 is 0. The third-order valence-electron chi connectivity index (χ3n) is 3.30. The van der Waals surface area contributed by atoms with Crippen molar-refractivity contribution in [2.24, 2.45) is 0 Å². The lowest BCUT2D eigenvalue weighted by Crippen LogP contribution is -2.01. The topological polar surface area (TPSA) is 17.1 Å². The second-order valence-corrected chi connectivity index (χ2v) is 4.66. The van der Waals surface area contributed by atoms with Crippen molar-refractivity contribution in [2.45, 2.75) is 6.42 Å². The van der Waals surface area contributed by atoms with Gasteiger partial charge in [-0.05, 0) is 29.2 Å². The number of ketones is 1. The molecule has 0 saturated heterocycles. The van der Waals surface area contributed by atoms with Gasteiger partial charge in [0.1, 0.15) is 0 Å². The first-order valence-corrected chi connectivity index (χ1v) is 6.39. The highest BCUT2D eigenvalue weighted by Gasteiger charge is 2.09. The third kappa shape index (κ3) is 2.55. The molecule has 2 aromatic carbocycles. The van der Waals surface area contributed by atoms with Crippen molar-refractivity contribution in [3.63, 3.8) is 0 Å². The smallest absolute Gasteiger partial charge is 0.186 e. The van der Waals surface area contributed by atoms with Gasteiger partial charge in [-0.2, -0.15) is 0 Å². The zero-order valence-corrected chi connectivity index (χ0v) is 10.5. The van der Waals surface area contributed by atoms with Crippen molar-refractivity contribution in [1.82, 2.24) is 0 Å². The van der Waals surface area contributed by atoms with Crippen molar-refractivity contribution in [1.29, 1.82) is 0 Å². The SMILES string of the molecule is O=C(C=C1C=Cc2ccccc2C1)c1ccccc1. The summed E-state index contributed by atoms with van der Waals surface area (Å²) >= 11 is 0. The number of carbonyl (C=O) groups excluding carboxylic acids is 1. The van der Waals surface area contributed by atoms with Crippen LogP contribution < -0.4 is 0 Å². The Morgan fingerprint density at radius 1 is 0.895 bits per heavy atom. The summed E-state index contributed by atoms with van der Waals surface area (Å²) in [6.07, 6.45) is 6.67. The first-order chi connectivity index (χ1) is 9.33. The summed E-state index contributed by atoms with van der Waals surface area (Å²) in [7, 11) is 0. The highest BCUT2D eigenvalue weighted by Crippen LogP contribution is 2.22. The van der Waals surface area contributed by atoms with Gasteiger partial charge in [0.25, 0.3) is 0 Å². The fourth-order valence-corrected chi connectivity index (χ4v) is 2.29. The summed E-state index contributed by atoms with van der Waals surface area (Å²) in [5.41, 5.74) is 4.32. The van der Waals surface area contributed by atoms with Gasteiger partial charge in [0.2, 0.25) is 0 Å². The summed E-state index contributed by atoms with van der Waals surface area (Å²) in [4.78, 5) is 12.1. The van der Waals surface area contributed by atoms with Crippen molar-refractivity contribution in [3.05, 3.63) is 89.0 Å². The number of carbonyl (C=O) groups is 1. The number of hydrogen-bond donors (Lipinski definition) is 0. The molecule has 92 valence electrons. The Morgan fingerprint density at radius 2 is 1.63 bits per heavy atom. The standard InChI is InChI=1S/C18H14O/c19-18(16-7-2-1-3-8-16)13-14-10-11-15-6-4-5-9-17(15)12-14/h1-11,13H,12H2. The molecule has 1 nitrogen and oxygen atoms in total. The molecule has 0 bridgehead atoms. The molecular weight excluding hydrogens is 232 g/mol. The van der Waals surface area contributed by atoms with E-state index in [0.29, 0.717) is 0 Å². The minimum atomic E-state index is 0.0691. The monoisotopic (exact) mass is 246 g/mol. The molecule has 0 saturated carbocycles. The Labute approximate surface area is 112 Å². The van der Waals surface area contributed by atoms with Gasteiger partial charge in [-0.1, -0.05) is 66.7 Å². The molecule has 1 aliphatic carbocycles. The Bertz CT molecular complexity index is 663. The molecular formula is C18H14O. The zero-order chi connectivity index (χ0) is 13.1. The van der Waals surface area contributed by atoms with Crippen LogP contribution in [-0.4, -0.2) is 5.78 Å². The van der Waals surface area contributed by atoms with Gasteiger partial charge in [0, 0.05) is 5.56 Å². The van der Waals surface area contributed by atoms with E-state index in [-0.39, 0.29) is 5.78 Å².